The first-order valence-electron chi connectivity index (χ1n) is 8.35. The van der Waals surface area contributed by atoms with Gasteiger partial charge in [-0.15, -0.1) is 0 Å². The molecule has 0 spiro atoms. The van der Waals surface area contributed by atoms with Crippen LogP contribution in [0.1, 0.15) is 5.56 Å². The van der Waals surface area contributed by atoms with Crippen molar-refractivity contribution in [1.29, 1.82) is 0 Å². The van der Waals surface area contributed by atoms with E-state index in [1.54, 1.807) is 30.3 Å². The average molecular weight is 361 g/mol. The smallest absolute Gasteiger partial charge is 0.141 e. The molecule has 4 aromatic rings. The van der Waals surface area contributed by atoms with Gasteiger partial charge in [-0.3, -0.25) is 0 Å². The standard InChI is InChI=1S/C21H16FN3O2/c22-15-3-1-14(2-4-15)12-27-18-8-5-16(6-9-18)25-21-19-10-7-17(26)11-20(19)23-13-24-21/h1-11,13,26H,12H2,(H,23,24,25). The number of fused-ring (bicyclic) bond motifs is 1. The topological polar surface area (TPSA) is 67.3 Å². The summed E-state index contributed by atoms with van der Waals surface area (Å²) in [6.07, 6.45) is 1.45. The number of aromatic hydroxyl groups is 1. The highest BCUT2D eigenvalue weighted by atomic mass is 19.1. The zero-order valence-electron chi connectivity index (χ0n) is 14.3. The number of ether oxygens (including phenoxy) is 1. The van der Waals surface area contributed by atoms with Crippen LogP contribution in [0.5, 0.6) is 11.5 Å². The summed E-state index contributed by atoms with van der Waals surface area (Å²) >= 11 is 0. The van der Waals surface area contributed by atoms with Crippen LogP contribution in [-0.4, -0.2) is 15.1 Å². The number of hydrogen-bond donors (Lipinski definition) is 2. The quantitative estimate of drug-likeness (QED) is 0.535. The van der Waals surface area contributed by atoms with Gasteiger partial charge in [0.15, 0.2) is 0 Å². The number of phenols is 1. The maximum Gasteiger partial charge on any atom is 0.141 e. The second-order valence-electron chi connectivity index (χ2n) is 5.99. The Morgan fingerprint density at radius 3 is 2.48 bits per heavy atom. The highest BCUT2D eigenvalue weighted by Gasteiger charge is 2.05. The summed E-state index contributed by atoms with van der Waals surface area (Å²) in [5.41, 5.74) is 2.40. The van der Waals surface area contributed by atoms with Gasteiger partial charge in [0, 0.05) is 17.1 Å². The summed E-state index contributed by atoms with van der Waals surface area (Å²) in [5, 5.41) is 13.6. The van der Waals surface area contributed by atoms with E-state index in [9.17, 15) is 9.50 Å². The van der Waals surface area contributed by atoms with Gasteiger partial charge in [0.05, 0.1) is 5.52 Å². The van der Waals surface area contributed by atoms with Crippen molar-refractivity contribution < 1.29 is 14.2 Å². The molecule has 5 nitrogen and oxygen atoms in total. The van der Waals surface area contributed by atoms with Crippen molar-refractivity contribution in [2.24, 2.45) is 0 Å². The van der Waals surface area contributed by atoms with E-state index in [2.05, 4.69) is 15.3 Å². The Morgan fingerprint density at radius 1 is 0.926 bits per heavy atom. The lowest BCUT2D eigenvalue weighted by molar-refractivity contribution is 0.306. The zero-order chi connectivity index (χ0) is 18.6. The molecule has 0 fully saturated rings. The molecule has 0 aliphatic heterocycles. The van der Waals surface area contributed by atoms with E-state index in [1.807, 2.05) is 24.3 Å². The minimum atomic E-state index is -0.262. The summed E-state index contributed by atoms with van der Waals surface area (Å²) in [4.78, 5) is 8.43. The van der Waals surface area contributed by atoms with E-state index >= 15 is 0 Å². The molecular weight excluding hydrogens is 345 g/mol. The summed E-state index contributed by atoms with van der Waals surface area (Å²) in [7, 11) is 0. The lowest BCUT2D eigenvalue weighted by Gasteiger charge is -2.10. The van der Waals surface area contributed by atoms with Crippen LogP contribution in [-0.2, 0) is 6.61 Å². The molecule has 27 heavy (non-hydrogen) atoms. The van der Waals surface area contributed by atoms with Crippen LogP contribution in [0.15, 0.2) is 73.1 Å². The number of rotatable bonds is 5. The zero-order valence-corrected chi connectivity index (χ0v) is 14.3. The number of benzene rings is 3. The monoisotopic (exact) mass is 361 g/mol. The van der Waals surface area contributed by atoms with Crippen LogP contribution >= 0.6 is 0 Å². The first-order chi connectivity index (χ1) is 13.2. The highest BCUT2D eigenvalue weighted by molar-refractivity contribution is 5.91. The van der Waals surface area contributed by atoms with Crippen LogP contribution in [0.25, 0.3) is 10.9 Å². The summed E-state index contributed by atoms with van der Waals surface area (Å²) in [5.74, 6) is 1.26. The molecule has 0 bridgehead atoms. The molecule has 2 N–H and O–H groups in total. The Labute approximate surface area is 155 Å². The molecule has 3 aromatic carbocycles. The van der Waals surface area contributed by atoms with Gasteiger partial charge in [-0.1, -0.05) is 12.1 Å². The lowest BCUT2D eigenvalue weighted by Crippen LogP contribution is -1.97. The molecule has 0 aliphatic carbocycles. The maximum atomic E-state index is 12.9. The molecule has 6 heteroatoms. The highest BCUT2D eigenvalue weighted by Crippen LogP contribution is 2.26. The van der Waals surface area contributed by atoms with Crippen LogP contribution in [0.3, 0.4) is 0 Å². The first kappa shape index (κ1) is 16.8. The fourth-order valence-electron chi connectivity index (χ4n) is 2.66. The molecule has 0 amide bonds. The fourth-order valence-corrected chi connectivity index (χ4v) is 2.66. The Kier molecular flexibility index (Phi) is 4.53. The molecular formula is C21H16FN3O2. The first-order valence-corrected chi connectivity index (χ1v) is 8.35. The Balaban J connectivity index is 1.46. The van der Waals surface area contributed by atoms with Gasteiger partial charge in [0.25, 0.3) is 0 Å². The Morgan fingerprint density at radius 2 is 1.70 bits per heavy atom. The van der Waals surface area contributed by atoms with Crippen LogP contribution < -0.4 is 10.1 Å². The van der Waals surface area contributed by atoms with E-state index in [-0.39, 0.29) is 11.6 Å². The molecule has 0 saturated heterocycles. The molecule has 0 atom stereocenters. The Hall–Kier alpha value is -3.67. The lowest BCUT2D eigenvalue weighted by atomic mass is 10.2. The van der Waals surface area contributed by atoms with Crippen molar-refractivity contribution in [3.05, 3.63) is 84.4 Å². The van der Waals surface area contributed by atoms with Crippen LogP contribution in [0.4, 0.5) is 15.9 Å². The molecule has 134 valence electrons. The molecule has 0 aliphatic rings. The number of hydrogen-bond acceptors (Lipinski definition) is 5. The molecule has 4 rings (SSSR count). The molecule has 0 unspecified atom stereocenters. The predicted molar refractivity (Wildman–Crippen MR) is 102 cm³/mol. The van der Waals surface area contributed by atoms with Crippen molar-refractivity contribution in [1.82, 2.24) is 9.97 Å². The van der Waals surface area contributed by atoms with Crippen LogP contribution in [0.2, 0.25) is 0 Å². The number of halogens is 1. The van der Waals surface area contributed by atoms with Gasteiger partial charge < -0.3 is 15.2 Å². The number of nitrogens with zero attached hydrogens (tertiary/aromatic N) is 2. The van der Waals surface area contributed by atoms with Crippen molar-refractivity contribution in [3.63, 3.8) is 0 Å². The summed E-state index contributed by atoms with van der Waals surface area (Å²) in [6.45, 7) is 0.368. The summed E-state index contributed by atoms with van der Waals surface area (Å²) < 4.78 is 18.6. The third kappa shape index (κ3) is 3.95. The van der Waals surface area contributed by atoms with Gasteiger partial charge in [-0.2, -0.15) is 0 Å². The summed E-state index contributed by atoms with van der Waals surface area (Å²) in [6, 6.07) is 18.7. The molecule has 1 heterocycles. The van der Waals surface area contributed by atoms with Gasteiger partial charge in [-0.05, 0) is 54.1 Å². The number of nitrogens with one attached hydrogen (secondary N) is 1. The number of anilines is 2. The molecule has 0 saturated carbocycles. The minimum absolute atomic E-state index is 0.162. The van der Waals surface area contributed by atoms with E-state index in [0.29, 0.717) is 23.7 Å². The van der Waals surface area contributed by atoms with Gasteiger partial charge >= 0.3 is 0 Å². The molecule has 0 radical (unpaired) electrons. The third-order valence-electron chi connectivity index (χ3n) is 4.06. The predicted octanol–water partition coefficient (Wildman–Crippen LogP) is 4.80. The van der Waals surface area contributed by atoms with Gasteiger partial charge in [0.1, 0.15) is 36.1 Å². The molecule has 1 aromatic heterocycles. The normalized spacial score (nSPS) is 10.7. The average Bonchev–Trinajstić information content (AvgIpc) is 2.68. The van der Waals surface area contributed by atoms with E-state index in [0.717, 1.165) is 16.6 Å². The van der Waals surface area contributed by atoms with Crippen molar-refractivity contribution in [2.75, 3.05) is 5.32 Å². The fraction of sp³-hybridized carbons (Fsp3) is 0.0476. The maximum absolute atomic E-state index is 12.9. The third-order valence-corrected chi connectivity index (χ3v) is 4.06. The van der Waals surface area contributed by atoms with E-state index in [4.69, 9.17) is 4.74 Å². The Bertz CT molecular complexity index is 1070. The largest absolute Gasteiger partial charge is 0.508 e. The van der Waals surface area contributed by atoms with Crippen molar-refractivity contribution in [2.45, 2.75) is 6.61 Å². The van der Waals surface area contributed by atoms with Crippen molar-refractivity contribution in [3.8, 4) is 11.5 Å². The van der Waals surface area contributed by atoms with E-state index < -0.39 is 0 Å². The number of aromatic nitrogens is 2. The SMILES string of the molecule is Oc1ccc2c(Nc3ccc(OCc4ccc(F)cc4)cc3)ncnc2c1. The second-order valence-corrected chi connectivity index (χ2v) is 5.99. The van der Waals surface area contributed by atoms with E-state index in [1.165, 1.54) is 18.5 Å². The number of phenolic OH excluding ortho intramolecular Hbond substituents is 1. The van der Waals surface area contributed by atoms with Crippen LogP contribution in [0, 0.1) is 5.82 Å². The van der Waals surface area contributed by atoms with Gasteiger partial charge in [-0.25, -0.2) is 14.4 Å². The van der Waals surface area contributed by atoms with Gasteiger partial charge in [0.2, 0.25) is 0 Å². The minimum Gasteiger partial charge on any atom is -0.508 e. The second kappa shape index (κ2) is 7.29. The van der Waals surface area contributed by atoms with Crippen molar-refractivity contribution >= 4 is 22.4 Å².